The Hall–Kier alpha value is -2.05. The summed E-state index contributed by atoms with van der Waals surface area (Å²) in [4.78, 5) is 29.8. The molecule has 28 heavy (non-hydrogen) atoms. The van der Waals surface area contributed by atoms with Crippen molar-refractivity contribution in [2.24, 2.45) is 0 Å². The normalized spacial score (nSPS) is 20.9. The first-order valence-corrected chi connectivity index (χ1v) is 10.4. The van der Waals surface area contributed by atoms with Gasteiger partial charge in [-0.25, -0.2) is 9.59 Å². The van der Waals surface area contributed by atoms with Crippen LogP contribution in [0.5, 0.6) is 0 Å². The predicted octanol–water partition coefficient (Wildman–Crippen LogP) is 3.73. The number of rotatable bonds is 6. The van der Waals surface area contributed by atoms with Crippen LogP contribution in [0, 0.1) is 0 Å². The maximum absolute atomic E-state index is 13.0. The first-order valence-electron chi connectivity index (χ1n) is 10.0. The van der Waals surface area contributed by atoms with Crippen molar-refractivity contribution in [1.29, 1.82) is 0 Å². The molecule has 1 fully saturated rings. The maximum Gasteiger partial charge on any atom is 0.338 e. The molecular weight excluding hydrogens is 378 g/mol. The molecule has 1 N–H and O–H groups in total. The summed E-state index contributed by atoms with van der Waals surface area (Å²) in [5.74, 6) is -0.391. The van der Waals surface area contributed by atoms with Gasteiger partial charge in [-0.3, -0.25) is 9.80 Å². The molecule has 1 atom stereocenters. The lowest BCUT2D eigenvalue weighted by Crippen LogP contribution is -2.51. The van der Waals surface area contributed by atoms with Crippen LogP contribution in [-0.4, -0.2) is 54.6 Å². The molecule has 2 aliphatic heterocycles. The lowest BCUT2D eigenvalue weighted by Gasteiger charge is -2.39. The number of likely N-dealkylation sites (N-methyl/N-ethyl adjacent to an activating group) is 1. The maximum atomic E-state index is 13.0. The molecule has 3 rings (SSSR count). The van der Waals surface area contributed by atoms with Crippen molar-refractivity contribution in [3.63, 3.8) is 0 Å². The van der Waals surface area contributed by atoms with E-state index in [0.29, 0.717) is 23.7 Å². The molecule has 0 aromatic heterocycles. The number of nitrogens with one attached hydrogen (secondary N) is 1. The number of ether oxygens (including phenoxy) is 1. The van der Waals surface area contributed by atoms with Crippen LogP contribution in [0.4, 0.5) is 4.79 Å². The zero-order chi connectivity index (χ0) is 20.1. The Morgan fingerprint density at radius 1 is 1.25 bits per heavy atom. The summed E-state index contributed by atoms with van der Waals surface area (Å²) in [6.07, 6.45) is 3.50. The number of carbonyl (C=O) groups excluding carboxylic acids is 2. The molecule has 0 bridgehead atoms. The van der Waals surface area contributed by atoms with Crippen molar-refractivity contribution in [1.82, 2.24) is 15.1 Å². The summed E-state index contributed by atoms with van der Waals surface area (Å²) < 4.78 is 5.38. The Morgan fingerprint density at radius 2 is 2.00 bits per heavy atom. The first-order chi connectivity index (χ1) is 13.5. The van der Waals surface area contributed by atoms with E-state index in [1.165, 1.54) is 6.42 Å². The number of urea groups is 1. The summed E-state index contributed by atoms with van der Waals surface area (Å²) in [6, 6.07) is 6.47. The van der Waals surface area contributed by atoms with Crippen LogP contribution in [0.3, 0.4) is 0 Å². The SMILES string of the molecule is CCOC(=O)C1=C(CN2CCCCC2)N(CC)C(=O)NC1c1cccc(Cl)c1. The van der Waals surface area contributed by atoms with Gasteiger partial charge in [-0.2, -0.15) is 0 Å². The van der Waals surface area contributed by atoms with Crippen molar-refractivity contribution >= 4 is 23.6 Å². The van der Waals surface area contributed by atoms with E-state index in [-0.39, 0.29) is 12.6 Å². The molecule has 1 unspecified atom stereocenters. The molecule has 2 aliphatic rings. The second kappa shape index (κ2) is 9.43. The number of hydrogen-bond acceptors (Lipinski definition) is 4. The molecule has 1 aromatic carbocycles. The van der Waals surface area contributed by atoms with E-state index in [1.54, 1.807) is 24.0 Å². The largest absolute Gasteiger partial charge is 0.463 e. The molecule has 7 heteroatoms. The summed E-state index contributed by atoms with van der Waals surface area (Å²) in [5.41, 5.74) is 2.00. The van der Waals surface area contributed by atoms with Gasteiger partial charge in [-0.15, -0.1) is 0 Å². The van der Waals surface area contributed by atoms with Gasteiger partial charge in [0.1, 0.15) is 0 Å². The third-order valence-electron chi connectivity index (χ3n) is 5.25. The van der Waals surface area contributed by atoms with Crippen molar-refractivity contribution in [3.05, 3.63) is 46.1 Å². The lowest BCUT2D eigenvalue weighted by atomic mass is 9.94. The Morgan fingerprint density at radius 3 is 2.64 bits per heavy atom. The number of carbonyl (C=O) groups is 2. The summed E-state index contributed by atoms with van der Waals surface area (Å²) in [6.45, 7) is 6.98. The highest BCUT2D eigenvalue weighted by Gasteiger charge is 2.38. The summed E-state index contributed by atoms with van der Waals surface area (Å²) in [5, 5.41) is 3.53. The van der Waals surface area contributed by atoms with Gasteiger partial charge in [0, 0.05) is 23.8 Å². The van der Waals surface area contributed by atoms with Crippen LogP contribution in [0.2, 0.25) is 5.02 Å². The fraction of sp³-hybridized carbons (Fsp3) is 0.524. The number of halogens is 1. The van der Waals surface area contributed by atoms with Gasteiger partial charge in [0.15, 0.2) is 0 Å². The van der Waals surface area contributed by atoms with E-state index in [4.69, 9.17) is 16.3 Å². The van der Waals surface area contributed by atoms with Gasteiger partial charge >= 0.3 is 12.0 Å². The van der Waals surface area contributed by atoms with E-state index >= 15 is 0 Å². The Bertz CT molecular complexity index is 759. The summed E-state index contributed by atoms with van der Waals surface area (Å²) >= 11 is 6.17. The molecular formula is C21H28ClN3O3. The zero-order valence-corrected chi connectivity index (χ0v) is 17.3. The molecule has 0 spiro atoms. The topological polar surface area (TPSA) is 61.9 Å². The fourth-order valence-corrected chi connectivity index (χ4v) is 4.12. The molecule has 1 aromatic rings. The van der Waals surface area contributed by atoms with Gasteiger partial charge in [0.25, 0.3) is 0 Å². The molecule has 0 saturated carbocycles. The third kappa shape index (κ3) is 4.50. The van der Waals surface area contributed by atoms with E-state index < -0.39 is 12.0 Å². The Balaban J connectivity index is 2.08. The van der Waals surface area contributed by atoms with Gasteiger partial charge in [-0.05, 0) is 57.5 Å². The average Bonchev–Trinajstić information content (AvgIpc) is 2.68. The van der Waals surface area contributed by atoms with E-state index in [1.807, 2.05) is 19.1 Å². The van der Waals surface area contributed by atoms with Crippen LogP contribution >= 0.6 is 11.6 Å². The zero-order valence-electron chi connectivity index (χ0n) is 16.5. The monoisotopic (exact) mass is 405 g/mol. The smallest absolute Gasteiger partial charge is 0.338 e. The van der Waals surface area contributed by atoms with Crippen LogP contribution < -0.4 is 5.32 Å². The van der Waals surface area contributed by atoms with E-state index in [9.17, 15) is 9.59 Å². The highest BCUT2D eigenvalue weighted by atomic mass is 35.5. The van der Waals surface area contributed by atoms with E-state index in [2.05, 4.69) is 10.2 Å². The van der Waals surface area contributed by atoms with Gasteiger partial charge < -0.3 is 10.1 Å². The standard InChI is InChI=1S/C21H28ClN3O3/c1-3-25-17(14-24-11-6-5-7-12-24)18(20(26)28-4-2)19(23-21(25)27)15-9-8-10-16(22)13-15/h8-10,13,19H,3-7,11-12,14H2,1-2H3,(H,23,27). The number of piperidine rings is 1. The second-order valence-corrected chi connectivity index (χ2v) is 7.54. The highest BCUT2D eigenvalue weighted by Crippen LogP contribution is 2.33. The fourth-order valence-electron chi connectivity index (χ4n) is 3.92. The van der Waals surface area contributed by atoms with Crippen LogP contribution in [0.15, 0.2) is 35.5 Å². The first kappa shape index (κ1) is 20.7. The number of benzene rings is 1. The van der Waals surface area contributed by atoms with Gasteiger partial charge in [0.2, 0.25) is 0 Å². The second-order valence-electron chi connectivity index (χ2n) is 7.10. The highest BCUT2D eigenvalue weighted by molar-refractivity contribution is 6.30. The predicted molar refractivity (Wildman–Crippen MR) is 109 cm³/mol. The molecule has 2 heterocycles. The average molecular weight is 406 g/mol. The third-order valence-corrected chi connectivity index (χ3v) is 5.49. The lowest BCUT2D eigenvalue weighted by molar-refractivity contribution is -0.139. The number of nitrogens with zero attached hydrogens (tertiary/aromatic N) is 2. The molecule has 0 radical (unpaired) electrons. The minimum Gasteiger partial charge on any atom is -0.463 e. The molecule has 1 saturated heterocycles. The number of hydrogen-bond donors (Lipinski definition) is 1. The minimum absolute atomic E-state index is 0.201. The van der Waals surface area contributed by atoms with Crippen molar-refractivity contribution < 1.29 is 14.3 Å². The quantitative estimate of drug-likeness (QED) is 0.732. The Kier molecular flexibility index (Phi) is 6.97. The molecule has 152 valence electrons. The number of amides is 2. The van der Waals surface area contributed by atoms with Crippen LogP contribution in [-0.2, 0) is 9.53 Å². The Labute approximate surface area is 171 Å². The van der Waals surface area contributed by atoms with Crippen LogP contribution in [0.25, 0.3) is 0 Å². The van der Waals surface area contributed by atoms with Crippen molar-refractivity contribution in [3.8, 4) is 0 Å². The molecule has 0 aliphatic carbocycles. The van der Waals surface area contributed by atoms with Crippen molar-refractivity contribution in [2.45, 2.75) is 39.2 Å². The van der Waals surface area contributed by atoms with Crippen molar-refractivity contribution in [2.75, 3.05) is 32.8 Å². The van der Waals surface area contributed by atoms with Gasteiger partial charge in [0.05, 0.1) is 18.2 Å². The molecule has 6 nitrogen and oxygen atoms in total. The minimum atomic E-state index is -0.576. The number of esters is 1. The van der Waals surface area contributed by atoms with E-state index in [0.717, 1.165) is 37.2 Å². The summed E-state index contributed by atoms with van der Waals surface area (Å²) in [7, 11) is 0. The van der Waals surface area contributed by atoms with Gasteiger partial charge in [-0.1, -0.05) is 30.2 Å². The molecule has 2 amide bonds. The number of likely N-dealkylation sites (tertiary alicyclic amines) is 1. The van der Waals surface area contributed by atoms with Crippen LogP contribution in [0.1, 0.15) is 44.7 Å².